The van der Waals surface area contributed by atoms with Crippen LogP contribution in [0.1, 0.15) is 17.3 Å². The second-order valence-electron chi connectivity index (χ2n) is 3.35. The third-order valence-electron chi connectivity index (χ3n) is 2.25. The molecule has 0 saturated heterocycles. The van der Waals surface area contributed by atoms with Gasteiger partial charge in [-0.1, -0.05) is 11.6 Å². The number of rotatable bonds is 2. The maximum atomic E-state index is 13.4. The highest BCUT2D eigenvalue weighted by molar-refractivity contribution is 6.30. The second-order valence-corrected chi connectivity index (χ2v) is 3.78. The summed E-state index contributed by atoms with van der Waals surface area (Å²) in [6.45, 7) is 1.56. The van der Waals surface area contributed by atoms with Crippen LogP contribution in [0.4, 0.5) is 4.39 Å². The van der Waals surface area contributed by atoms with E-state index in [1.807, 2.05) is 6.07 Å². The summed E-state index contributed by atoms with van der Waals surface area (Å²) in [4.78, 5) is 12.9. The van der Waals surface area contributed by atoms with Crippen molar-refractivity contribution in [1.82, 2.24) is 4.90 Å². The van der Waals surface area contributed by atoms with Gasteiger partial charge in [-0.2, -0.15) is 5.26 Å². The Balaban J connectivity index is 3.02. The van der Waals surface area contributed by atoms with E-state index in [9.17, 15) is 9.18 Å². The minimum atomic E-state index is -0.686. The third-order valence-corrected chi connectivity index (χ3v) is 2.48. The van der Waals surface area contributed by atoms with Crippen LogP contribution < -0.4 is 0 Å². The van der Waals surface area contributed by atoms with E-state index in [-0.39, 0.29) is 10.6 Å². The molecule has 1 rings (SSSR count). The standard InChI is InChI=1S/C11H10ClFN2O/c1-7(6-14)15(2)11(16)9-4-3-8(12)5-10(9)13/h3-5,7H,1-2H3. The van der Waals surface area contributed by atoms with Crippen molar-refractivity contribution in [3.05, 3.63) is 34.6 Å². The first-order chi connectivity index (χ1) is 7.47. The molecule has 0 aliphatic heterocycles. The number of hydrogen-bond acceptors (Lipinski definition) is 2. The summed E-state index contributed by atoms with van der Waals surface area (Å²) < 4.78 is 13.4. The van der Waals surface area contributed by atoms with Crippen molar-refractivity contribution in [3.8, 4) is 6.07 Å². The summed E-state index contributed by atoms with van der Waals surface area (Å²) in [6.07, 6.45) is 0. The Morgan fingerprint density at radius 1 is 1.62 bits per heavy atom. The zero-order chi connectivity index (χ0) is 12.3. The van der Waals surface area contributed by atoms with E-state index < -0.39 is 17.8 Å². The maximum Gasteiger partial charge on any atom is 0.257 e. The molecule has 0 radical (unpaired) electrons. The number of hydrogen-bond donors (Lipinski definition) is 0. The molecule has 0 heterocycles. The molecule has 1 aromatic carbocycles. The quantitative estimate of drug-likeness (QED) is 0.797. The highest BCUT2D eigenvalue weighted by atomic mass is 35.5. The summed E-state index contributed by atoms with van der Waals surface area (Å²) >= 11 is 5.57. The molecule has 3 nitrogen and oxygen atoms in total. The molecule has 1 aromatic rings. The summed E-state index contributed by atoms with van der Waals surface area (Å²) in [5.74, 6) is -1.22. The first kappa shape index (κ1) is 12.5. The van der Waals surface area contributed by atoms with Gasteiger partial charge >= 0.3 is 0 Å². The number of halogens is 2. The predicted octanol–water partition coefficient (Wildman–Crippen LogP) is 2.46. The predicted molar refractivity (Wildman–Crippen MR) is 58.6 cm³/mol. The van der Waals surface area contributed by atoms with E-state index in [1.54, 1.807) is 6.92 Å². The molecule has 1 atom stereocenters. The molecule has 0 aliphatic rings. The van der Waals surface area contributed by atoms with Crippen LogP contribution in [0.5, 0.6) is 0 Å². The van der Waals surface area contributed by atoms with Crippen molar-refractivity contribution in [1.29, 1.82) is 5.26 Å². The Kier molecular flexibility index (Phi) is 3.86. The lowest BCUT2D eigenvalue weighted by molar-refractivity contribution is 0.0768. The number of amides is 1. The first-order valence-corrected chi connectivity index (χ1v) is 4.97. The van der Waals surface area contributed by atoms with Gasteiger partial charge in [0.25, 0.3) is 5.91 Å². The van der Waals surface area contributed by atoms with Crippen LogP contribution >= 0.6 is 11.6 Å². The van der Waals surface area contributed by atoms with Crippen LogP contribution in [-0.2, 0) is 0 Å². The van der Waals surface area contributed by atoms with Gasteiger partial charge < -0.3 is 4.90 Å². The molecule has 0 bridgehead atoms. The van der Waals surface area contributed by atoms with Crippen LogP contribution in [0.25, 0.3) is 0 Å². The second kappa shape index (κ2) is 4.95. The SMILES string of the molecule is CC(C#N)N(C)C(=O)c1ccc(Cl)cc1F. The van der Waals surface area contributed by atoms with E-state index in [0.717, 1.165) is 6.07 Å². The van der Waals surface area contributed by atoms with Crippen molar-refractivity contribution in [2.24, 2.45) is 0 Å². The minimum Gasteiger partial charge on any atom is -0.326 e. The molecular formula is C11H10ClFN2O. The zero-order valence-corrected chi connectivity index (χ0v) is 9.62. The fourth-order valence-electron chi connectivity index (χ4n) is 1.12. The number of nitrogens with zero attached hydrogens (tertiary/aromatic N) is 2. The first-order valence-electron chi connectivity index (χ1n) is 4.59. The van der Waals surface area contributed by atoms with Gasteiger partial charge in [0, 0.05) is 12.1 Å². The summed E-state index contributed by atoms with van der Waals surface area (Å²) in [5.41, 5.74) is -0.0889. The van der Waals surface area contributed by atoms with Gasteiger partial charge in [-0.15, -0.1) is 0 Å². The van der Waals surface area contributed by atoms with Gasteiger partial charge in [-0.25, -0.2) is 4.39 Å². The molecule has 0 aromatic heterocycles. The third kappa shape index (κ3) is 2.50. The van der Waals surface area contributed by atoms with Crippen LogP contribution in [-0.4, -0.2) is 23.9 Å². The average molecular weight is 241 g/mol. The average Bonchev–Trinajstić information content (AvgIpc) is 2.26. The highest BCUT2D eigenvalue weighted by Gasteiger charge is 2.20. The lowest BCUT2D eigenvalue weighted by Gasteiger charge is -2.19. The van der Waals surface area contributed by atoms with Crippen LogP contribution in [0.15, 0.2) is 18.2 Å². The Morgan fingerprint density at radius 2 is 2.25 bits per heavy atom. The fourth-order valence-corrected chi connectivity index (χ4v) is 1.27. The molecule has 1 amide bonds. The van der Waals surface area contributed by atoms with Crippen molar-refractivity contribution in [2.45, 2.75) is 13.0 Å². The molecule has 0 N–H and O–H groups in total. The van der Waals surface area contributed by atoms with Gasteiger partial charge in [-0.3, -0.25) is 4.79 Å². The Hall–Kier alpha value is -1.60. The van der Waals surface area contributed by atoms with Crippen molar-refractivity contribution in [2.75, 3.05) is 7.05 Å². The van der Waals surface area contributed by atoms with E-state index in [1.165, 1.54) is 24.1 Å². The molecular weight excluding hydrogens is 231 g/mol. The molecule has 0 fully saturated rings. The Morgan fingerprint density at radius 3 is 2.75 bits per heavy atom. The zero-order valence-electron chi connectivity index (χ0n) is 8.87. The van der Waals surface area contributed by atoms with Gasteiger partial charge in [0.15, 0.2) is 0 Å². The van der Waals surface area contributed by atoms with E-state index in [2.05, 4.69) is 0 Å². The van der Waals surface area contributed by atoms with E-state index in [4.69, 9.17) is 16.9 Å². The summed E-state index contributed by atoms with van der Waals surface area (Å²) in [5, 5.41) is 8.88. The minimum absolute atomic E-state index is 0.0889. The van der Waals surface area contributed by atoms with Gasteiger partial charge in [0.05, 0.1) is 11.6 Å². The normalized spacial score (nSPS) is 11.7. The maximum absolute atomic E-state index is 13.4. The van der Waals surface area contributed by atoms with E-state index >= 15 is 0 Å². The summed E-state index contributed by atoms with van der Waals surface area (Å²) in [6, 6.07) is 5.10. The lowest BCUT2D eigenvalue weighted by Crippen LogP contribution is -2.34. The molecule has 0 spiro atoms. The largest absolute Gasteiger partial charge is 0.326 e. The summed E-state index contributed by atoms with van der Waals surface area (Å²) in [7, 11) is 1.45. The smallest absolute Gasteiger partial charge is 0.257 e. The van der Waals surface area contributed by atoms with Crippen molar-refractivity contribution < 1.29 is 9.18 Å². The monoisotopic (exact) mass is 240 g/mol. The molecule has 0 aliphatic carbocycles. The van der Waals surface area contributed by atoms with Crippen molar-refractivity contribution >= 4 is 17.5 Å². The van der Waals surface area contributed by atoms with Gasteiger partial charge in [0.2, 0.25) is 0 Å². The van der Waals surface area contributed by atoms with E-state index in [0.29, 0.717) is 0 Å². The molecule has 0 saturated carbocycles. The number of carbonyl (C=O) groups excluding carboxylic acids is 1. The Bertz CT molecular complexity index is 456. The van der Waals surface area contributed by atoms with Crippen LogP contribution in [0, 0.1) is 17.1 Å². The fraction of sp³-hybridized carbons (Fsp3) is 0.273. The Labute approximate surface area is 98.0 Å². The van der Waals surface area contributed by atoms with Gasteiger partial charge in [-0.05, 0) is 25.1 Å². The van der Waals surface area contributed by atoms with Crippen molar-refractivity contribution in [3.63, 3.8) is 0 Å². The molecule has 5 heteroatoms. The van der Waals surface area contributed by atoms with Crippen LogP contribution in [0.2, 0.25) is 5.02 Å². The highest BCUT2D eigenvalue weighted by Crippen LogP contribution is 2.16. The molecule has 16 heavy (non-hydrogen) atoms. The molecule has 1 unspecified atom stereocenters. The van der Waals surface area contributed by atoms with Gasteiger partial charge in [0.1, 0.15) is 11.9 Å². The lowest BCUT2D eigenvalue weighted by atomic mass is 10.1. The number of carbonyl (C=O) groups is 1. The topological polar surface area (TPSA) is 44.1 Å². The number of benzene rings is 1. The number of nitriles is 1. The van der Waals surface area contributed by atoms with Crippen LogP contribution in [0.3, 0.4) is 0 Å². The molecule has 84 valence electrons.